The van der Waals surface area contributed by atoms with Crippen LogP contribution in [0.1, 0.15) is 0 Å². The molecule has 4 nitrogen and oxygen atoms in total. The number of thioether (sulfide) groups is 1. The first-order chi connectivity index (χ1) is 11.8. The predicted molar refractivity (Wildman–Crippen MR) is 101 cm³/mol. The van der Waals surface area contributed by atoms with E-state index in [1.165, 1.54) is 23.1 Å². The molecule has 0 aliphatic rings. The summed E-state index contributed by atoms with van der Waals surface area (Å²) in [4.78, 5) is 21.0. The average molecular weight is 351 g/mol. The second-order valence-electron chi connectivity index (χ2n) is 5.16. The second kappa shape index (κ2) is 6.59. The van der Waals surface area contributed by atoms with Crippen LogP contribution in [0, 0.1) is 0 Å². The number of nitrogens with zero attached hydrogens (tertiary/aromatic N) is 2. The van der Waals surface area contributed by atoms with E-state index in [0.29, 0.717) is 10.9 Å². The third kappa shape index (κ3) is 3.11. The third-order valence-corrected chi connectivity index (χ3v) is 5.47. The molecule has 1 N–H and O–H groups in total. The lowest BCUT2D eigenvalue weighted by Crippen LogP contribution is -2.13. The molecule has 2 aromatic carbocycles. The fraction of sp³-hybridized carbons (Fsp3) is 0.0556. The van der Waals surface area contributed by atoms with Crippen LogP contribution >= 0.6 is 23.1 Å². The molecule has 2 heterocycles. The number of carbonyl (C=O) groups excluding carboxylic acids is 1. The summed E-state index contributed by atoms with van der Waals surface area (Å²) >= 11 is 2.92. The first-order valence-corrected chi connectivity index (χ1v) is 9.22. The SMILES string of the molecule is O=C(CSc1nccc2ccccc12)Nc1nc2ccccc2s1. The van der Waals surface area contributed by atoms with E-state index < -0.39 is 0 Å². The lowest BCUT2D eigenvalue weighted by atomic mass is 10.2. The molecule has 0 radical (unpaired) electrons. The molecule has 0 saturated heterocycles. The zero-order chi connectivity index (χ0) is 16.4. The van der Waals surface area contributed by atoms with E-state index >= 15 is 0 Å². The van der Waals surface area contributed by atoms with Crippen molar-refractivity contribution in [3.8, 4) is 0 Å². The van der Waals surface area contributed by atoms with E-state index in [1.807, 2.05) is 54.6 Å². The minimum Gasteiger partial charge on any atom is -0.301 e. The third-order valence-electron chi connectivity index (χ3n) is 3.52. The summed E-state index contributed by atoms with van der Waals surface area (Å²) in [6.07, 6.45) is 1.77. The fourth-order valence-corrected chi connectivity index (χ4v) is 4.12. The van der Waals surface area contributed by atoms with Crippen LogP contribution in [0.3, 0.4) is 0 Å². The van der Waals surface area contributed by atoms with Crippen LogP contribution < -0.4 is 5.32 Å². The number of nitrogens with one attached hydrogen (secondary N) is 1. The van der Waals surface area contributed by atoms with Crippen molar-refractivity contribution < 1.29 is 4.79 Å². The molecule has 2 aromatic heterocycles. The molecular weight excluding hydrogens is 338 g/mol. The van der Waals surface area contributed by atoms with Gasteiger partial charge in [-0.3, -0.25) is 4.79 Å². The maximum Gasteiger partial charge on any atom is 0.236 e. The Hall–Kier alpha value is -2.44. The summed E-state index contributed by atoms with van der Waals surface area (Å²) < 4.78 is 1.07. The smallest absolute Gasteiger partial charge is 0.236 e. The number of aromatic nitrogens is 2. The van der Waals surface area contributed by atoms with Crippen LogP contribution in [0.15, 0.2) is 65.8 Å². The highest BCUT2D eigenvalue weighted by Gasteiger charge is 2.10. The molecule has 0 bridgehead atoms. The van der Waals surface area contributed by atoms with E-state index in [2.05, 4.69) is 15.3 Å². The Bertz CT molecular complexity index is 991. The summed E-state index contributed by atoms with van der Waals surface area (Å²) in [5.41, 5.74) is 0.904. The van der Waals surface area contributed by atoms with Gasteiger partial charge in [0.15, 0.2) is 5.13 Å². The Balaban J connectivity index is 1.46. The van der Waals surface area contributed by atoms with E-state index in [0.717, 1.165) is 26.0 Å². The first-order valence-electron chi connectivity index (χ1n) is 7.41. The molecule has 0 fully saturated rings. The summed E-state index contributed by atoms with van der Waals surface area (Å²) in [6, 6.07) is 17.9. The molecular formula is C18H13N3OS2. The molecule has 118 valence electrons. The van der Waals surface area contributed by atoms with Gasteiger partial charge in [0.05, 0.1) is 16.0 Å². The van der Waals surface area contributed by atoms with Gasteiger partial charge in [-0.05, 0) is 23.6 Å². The van der Waals surface area contributed by atoms with Gasteiger partial charge in [0.1, 0.15) is 5.03 Å². The minimum atomic E-state index is -0.0752. The van der Waals surface area contributed by atoms with E-state index in [9.17, 15) is 4.79 Å². The number of amides is 1. The molecule has 4 aromatic rings. The number of carbonyl (C=O) groups is 1. The van der Waals surface area contributed by atoms with Gasteiger partial charge in [0.25, 0.3) is 0 Å². The highest BCUT2D eigenvalue weighted by Crippen LogP contribution is 2.27. The molecule has 1 amide bonds. The van der Waals surface area contributed by atoms with Gasteiger partial charge >= 0.3 is 0 Å². The Labute approximate surface area is 146 Å². The topological polar surface area (TPSA) is 54.9 Å². The number of rotatable bonds is 4. The number of thiazole rings is 1. The molecule has 6 heteroatoms. The van der Waals surface area contributed by atoms with Crippen molar-refractivity contribution in [1.82, 2.24) is 9.97 Å². The highest BCUT2D eigenvalue weighted by molar-refractivity contribution is 8.00. The van der Waals surface area contributed by atoms with Crippen molar-refractivity contribution in [1.29, 1.82) is 0 Å². The molecule has 0 atom stereocenters. The molecule has 0 aliphatic carbocycles. The highest BCUT2D eigenvalue weighted by atomic mass is 32.2. The number of hydrogen-bond donors (Lipinski definition) is 1. The maximum absolute atomic E-state index is 12.2. The van der Waals surface area contributed by atoms with Gasteiger partial charge < -0.3 is 5.32 Å². The van der Waals surface area contributed by atoms with Gasteiger partial charge in [-0.25, -0.2) is 9.97 Å². The number of hydrogen-bond acceptors (Lipinski definition) is 5. The summed E-state index contributed by atoms with van der Waals surface area (Å²) in [5, 5.41) is 6.56. The number of para-hydroxylation sites is 1. The van der Waals surface area contributed by atoms with Crippen LogP contribution in [0.2, 0.25) is 0 Å². The normalized spacial score (nSPS) is 11.0. The van der Waals surface area contributed by atoms with E-state index in [1.54, 1.807) is 6.20 Å². The number of anilines is 1. The average Bonchev–Trinajstić information content (AvgIpc) is 3.02. The molecule has 0 saturated carbocycles. The summed E-state index contributed by atoms with van der Waals surface area (Å²) in [7, 11) is 0. The van der Waals surface area contributed by atoms with Crippen LogP contribution in [-0.2, 0) is 4.79 Å². The largest absolute Gasteiger partial charge is 0.301 e. The van der Waals surface area contributed by atoms with Crippen molar-refractivity contribution in [3.05, 3.63) is 60.8 Å². The quantitative estimate of drug-likeness (QED) is 0.547. The van der Waals surface area contributed by atoms with Crippen molar-refractivity contribution in [2.75, 3.05) is 11.1 Å². The number of fused-ring (bicyclic) bond motifs is 2. The van der Waals surface area contributed by atoms with Crippen LogP contribution in [0.4, 0.5) is 5.13 Å². The zero-order valence-corrected chi connectivity index (χ0v) is 14.2. The Morgan fingerprint density at radius 2 is 1.92 bits per heavy atom. The molecule has 0 aliphatic heterocycles. The molecule has 0 spiro atoms. The monoisotopic (exact) mass is 351 g/mol. The van der Waals surface area contributed by atoms with Crippen LogP contribution in [-0.4, -0.2) is 21.6 Å². The second-order valence-corrected chi connectivity index (χ2v) is 7.16. The van der Waals surface area contributed by atoms with E-state index in [-0.39, 0.29) is 5.91 Å². The van der Waals surface area contributed by atoms with Crippen LogP contribution in [0.25, 0.3) is 21.0 Å². The van der Waals surface area contributed by atoms with Gasteiger partial charge in [0, 0.05) is 11.6 Å². The van der Waals surface area contributed by atoms with Crippen molar-refractivity contribution >= 4 is 55.1 Å². The predicted octanol–water partition coefficient (Wildman–Crippen LogP) is 4.58. The summed E-state index contributed by atoms with van der Waals surface area (Å²) in [6.45, 7) is 0. The van der Waals surface area contributed by atoms with E-state index in [4.69, 9.17) is 0 Å². The fourth-order valence-electron chi connectivity index (χ4n) is 2.42. The maximum atomic E-state index is 12.2. The molecule has 0 unspecified atom stereocenters. The van der Waals surface area contributed by atoms with Gasteiger partial charge in [-0.1, -0.05) is 59.5 Å². The Morgan fingerprint density at radius 1 is 1.08 bits per heavy atom. The van der Waals surface area contributed by atoms with Gasteiger partial charge in [-0.2, -0.15) is 0 Å². The minimum absolute atomic E-state index is 0.0752. The summed E-state index contributed by atoms with van der Waals surface area (Å²) in [5.74, 6) is 0.227. The zero-order valence-electron chi connectivity index (χ0n) is 12.6. The molecule has 24 heavy (non-hydrogen) atoms. The van der Waals surface area contributed by atoms with Crippen molar-refractivity contribution in [2.45, 2.75) is 5.03 Å². The first kappa shape index (κ1) is 15.1. The lowest BCUT2D eigenvalue weighted by Gasteiger charge is -2.05. The van der Waals surface area contributed by atoms with Gasteiger partial charge in [-0.15, -0.1) is 0 Å². The number of pyridine rings is 1. The standard InChI is InChI=1S/C18H13N3OS2/c22-16(21-18-20-14-7-3-4-8-15(14)24-18)11-23-17-13-6-2-1-5-12(13)9-10-19-17/h1-10H,11H2,(H,20,21,22). The molecule has 4 rings (SSSR count). The Morgan fingerprint density at radius 3 is 2.83 bits per heavy atom. The number of benzene rings is 2. The Kier molecular flexibility index (Phi) is 4.15. The van der Waals surface area contributed by atoms with Crippen molar-refractivity contribution in [3.63, 3.8) is 0 Å². The van der Waals surface area contributed by atoms with Crippen LogP contribution in [0.5, 0.6) is 0 Å². The van der Waals surface area contributed by atoms with Gasteiger partial charge in [0.2, 0.25) is 5.91 Å². The van der Waals surface area contributed by atoms with Crippen molar-refractivity contribution in [2.24, 2.45) is 0 Å². The lowest BCUT2D eigenvalue weighted by molar-refractivity contribution is -0.113.